The molecule has 114 valence electrons. The van der Waals surface area contributed by atoms with E-state index >= 15 is 0 Å². The molecule has 2 amide bonds. The van der Waals surface area contributed by atoms with Gasteiger partial charge < -0.3 is 10.2 Å². The summed E-state index contributed by atoms with van der Waals surface area (Å²) in [5.41, 5.74) is 3.04. The molecular weight excluding hydrogens is 284 g/mol. The summed E-state index contributed by atoms with van der Waals surface area (Å²) in [6.07, 6.45) is 0. The lowest BCUT2D eigenvalue weighted by Crippen LogP contribution is -2.46. The van der Waals surface area contributed by atoms with Gasteiger partial charge in [-0.25, -0.2) is 0 Å². The molecule has 2 rings (SSSR count). The maximum atomic E-state index is 12.5. The van der Waals surface area contributed by atoms with Crippen LogP contribution in [0.3, 0.4) is 0 Å². The molecule has 4 nitrogen and oxygen atoms in total. The standard InChI is InChI=1S/C16H22N2O2S/c1-10(2)16(20)18-9-21-8-14(18)15(19)17-13-7-5-6-11(3)12(13)4/h5-7,10,14H,8-9H2,1-4H3,(H,17,19)/t14-/m0/s1. The SMILES string of the molecule is Cc1cccc(NC(=O)[C@@H]2CSCN2C(=O)C(C)C)c1C. The summed E-state index contributed by atoms with van der Waals surface area (Å²) in [6.45, 7) is 7.74. The smallest absolute Gasteiger partial charge is 0.248 e. The van der Waals surface area contributed by atoms with E-state index < -0.39 is 0 Å². The van der Waals surface area contributed by atoms with Crippen LogP contribution in [0.5, 0.6) is 0 Å². The van der Waals surface area contributed by atoms with Crippen LogP contribution in [0.1, 0.15) is 25.0 Å². The number of nitrogens with one attached hydrogen (secondary N) is 1. The molecule has 1 heterocycles. The maximum Gasteiger partial charge on any atom is 0.248 e. The first-order valence-electron chi connectivity index (χ1n) is 7.17. The molecule has 1 atom stereocenters. The second-order valence-electron chi connectivity index (χ2n) is 5.72. The zero-order valence-electron chi connectivity index (χ0n) is 13.0. The lowest BCUT2D eigenvalue weighted by atomic mass is 10.1. The summed E-state index contributed by atoms with van der Waals surface area (Å²) in [5, 5.41) is 2.97. The number of rotatable bonds is 3. The summed E-state index contributed by atoms with van der Waals surface area (Å²) in [7, 11) is 0. The predicted octanol–water partition coefficient (Wildman–Crippen LogP) is 2.80. The first kappa shape index (κ1) is 15.9. The number of carbonyl (C=O) groups excluding carboxylic acids is 2. The normalized spacial score (nSPS) is 18.1. The van der Waals surface area contributed by atoms with Gasteiger partial charge >= 0.3 is 0 Å². The second kappa shape index (κ2) is 6.52. The minimum absolute atomic E-state index is 0.0427. The molecule has 0 spiro atoms. The minimum Gasteiger partial charge on any atom is -0.324 e. The van der Waals surface area contributed by atoms with Crippen LogP contribution in [0.25, 0.3) is 0 Å². The van der Waals surface area contributed by atoms with Crippen molar-refractivity contribution in [2.45, 2.75) is 33.7 Å². The fourth-order valence-electron chi connectivity index (χ4n) is 2.31. The van der Waals surface area contributed by atoms with Gasteiger partial charge in [-0.2, -0.15) is 0 Å². The summed E-state index contributed by atoms with van der Waals surface area (Å²) in [5.74, 6) is 1.13. The van der Waals surface area contributed by atoms with Crippen molar-refractivity contribution in [2.24, 2.45) is 5.92 Å². The van der Waals surface area contributed by atoms with Crippen LogP contribution in [0.4, 0.5) is 5.69 Å². The number of aryl methyl sites for hydroxylation is 1. The molecule has 0 unspecified atom stereocenters. The van der Waals surface area contributed by atoms with E-state index in [1.54, 1.807) is 16.7 Å². The van der Waals surface area contributed by atoms with Crippen LogP contribution in [0.15, 0.2) is 18.2 Å². The highest BCUT2D eigenvalue weighted by Gasteiger charge is 2.35. The van der Waals surface area contributed by atoms with Crippen molar-refractivity contribution < 1.29 is 9.59 Å². The Morgan fingerprint density at radius 3 is 2.71 bits per heavy atom. The third-order valence-electron chi connectivity index (χ3n) is 3.82. The topological polar surface area (TPSA) is 49.4 Å². The third kappa shape index (κ3) is 3.40. The van der Waals surface area contributed by atoms with Crippen molar-refractivity contribution in [1.82, 2.24) is 4.90 Å². The number of carbonyl (C=O) groups is 2. The fourth-order valence-corrected chi connectivity index (χ4v) is 3.48. The van der Waals surface area contributed by atoms with E-state index in [9.17, 15) is 9.59 Å². The Balaban J connectivity index is 2.12. The van der Waals surface area contributed by atoms with Gasteiger partial charge in [0.15, 0.2) is 0 Å². The number of hydrogen-bond acceptors (Lipinski definition) is 3. The van der Waals surface area contributed by atoms with Gasteiger partial charge in [0, 0.05) is 17.4 Å². The highest BCUT2D eigenvalue weighted by molar-refractivity contribution is 7.99. The number of amides is 2. The Morgan fingerprint density at radius 2 is 2.05 bits per heavy atom. The molecule has 0 radical (unpaired) electrons. The lowest BCUT2D eigenvalue weighted by Gasteiger charge is -2.25. The quantitative estimate of drug-likeness (QED) is 0.934. The molecule has 1 aromatic carbocycles. The van der Waals surface area contributed by atoms with Crippen molar-refractivity contribution in [1.29, 1.82) is 0 Å². The van der Waals surface area contributed by atoms with E-state index in [2.05, 4.69) is 5.32 Å². The predicted molar refractivity (Wildman–Crippen MR) is 87.3 cm³/mol. The molecule has 1 aliphatic heterocycles. The molecular formula is C16H22N2O2S. The van der Waals surface area contributed by atoms with Crippen molar-refractivity contribution in [3.05, 3.63) is 29.3 Å². The molecule has 1 aromatic rings. The van der Waals surface area contributed by atoms with Gasteiger partial charge in [-0.1, -0.05) is 26.0 Å². The van der Waals surface area contributed by atoms with E-state index in [0.717, 1.165) is 16.8 Å². The molecule has 1 saturated heterocycles. The molecule has 0 bridgehead atoms. The van der Waals surface area contributed by atoms with E-state index in [1.165, 1.54) is 0 Å². The van der Waals surface area contributed by atoms with Gasteiger partial charge in [0.25, 0.3) is 0 Å². The van der Waals surface area contributed by atoms with Crippen molar-refractivity contribution >= 4 is 29.3 Å². The fraction of sp³-hybridized carbons (Fsp3) is 0.500. The molecule has 0 saturated carbocycles. The largest absolute Gasteiger partial charge is 0.324 e. The Bertz CT molecular complexity index is 557. The Labute approximate surface area is 130 Å². The number of anilines is 1. The van der Waals surface area contributed by atoms with Crippen LogP contribution >= 0.6 is 11.8 Å². The Hall–Kier alpha value is -1.49. The molecule has 0 aliphatic carbocycles. The number of nitrogens with zero attached hydrogens (tertiary/aromatic N) is 1. The number of thioether (sulfide) groups is 1. The summed E-state index contributed by atoms with van der Waals surface area (Å²) in [6, 6.07) is 5.48. The summed E-state index contributed by atoms with van der Waals surface area (Å²) < 4.78 is 0. The second-order valence-corrected chi connectivity index (χ2v) is 6.71. The molecule has 1 fully saturated rings. The first-order valence-corrected chi connectivity index (χ1v) is 8.32. The first-order chi connectivity index (χ1) is 9.91. The Morgan fingerprint density at radius 1 is 1.33 bits per heavy atom. The van der Waals surface area contributed by atoms with Gasteiger partial charge in [0.1, 0.15) is 6.04 Å². The van der Waals surface area contributed by atoms with Gasteiger partial charge in [0.05, 0.1) is 5.88 Å². The molecule has 0 aromatic heterocycles. The lowest BCUT2D eigenvalue weighted by molar-refractivity contribution is -0.138. The molecule has 1 N–H and O–H groups in total. The van der Waals surface area contributed by atoms with Gasteiger partial charge in [0.2, 0.25) is 11.8 Å². The van der Waals surface area contributed by atoms with Crippen molar-refractivity contribution in [3.8, 4) is 0 Å². The van der Waals surface area contributed by atoms with Gasteiger partial charge in [-0.3, -0.25) is 9.59 Å². The third-order valence-corrected chi connectivity index (χ3v) is 4.84. The number of benzene rings is 1. The zero-order chi connectivity index (χ0) is 15.6. The van der Waals surface area contributed by atoms with E-state index in [0.29, 0.717) is 11.6 Å². The van der Waals surface area contributed by atoms with Gasteiger partial charge in [-0.05, 0) is 31.0 Å². The zero-order valence-corrected chi connectivity index (χ0v) is 13.8. The molecule has 5 heteroatoms. The van der Waals surface area contributed by atoms with Crippen LogP contribution in [-0.4, -0.2) is 34.4 Å². The summed E-state index contributed by atoms with van der Waals surface area (Å²) in [4.78, 5) is 26.4. The molecule has 1 aliphatic rings. The average molecular weight is 306 g/mol. The van der Waals surface area contributed by atoms with Gasteiger partial charge in [-0.15, -0.1) is 11.8 Å². The van der Waals surface area contributed by atoms with Crippen LogP contribution < -0.4 is 5.32 Å². The van der Waals surface area contributed by atoms with Crippen molar-refractivity contribution in [3.63, 3.8) is 0 Å². The highest BCUT2D eigenvalue weighted by atomic mass is 32.2. The van der Waals surface area contributed by atoms with Crippen LogP contribution in [0, 0.1) is 19.8 Å². The number of hydrogen-bond donors (Lipinski definition) is 1. The van der Waals surface area contributed by atoms with Crippen molar-refractivity contribution in [2.75, 3.05) is 16.9 Å². The van der Waals surface area contributed by atoms with E-state index in [1.807, 2.05) is 45.9 Å². The maximum absolute atomic E-state index is 12.5. The van der Waals surface area contributed by atoms with Crippen LogP contribution in [0.2, 0.25) is 0 Å². The molecule has 21 heavy (non-hydrogen) atoms. The van der Waals surface area contributed by atoms with Crippen LogP contribution in [-0.2, 0) is 9.59 Å². The van der Waals surface area contributed by atoms with E-state index in [-0.39, 0.29) is 23.8 Å². The highest BCUT2D eigenvalue weighted by Crippen LogP contribution is 2.25. The monoisotopic (exact) mass is 306 g/mol. The minimum atomic E-state index is -0.371. The Kier molecular flexibility index (Phi) is 4.93. The van der Waals surface area contributed by atoms with E-state index in [4.69, 9.17) is 0 Å². The summed E-state index contributed by atoms with van der Waals surface area (Å²) >= 11 is 1.63. The average Bonchev–Trinajstić information content (AvgIpc) is 2.92.